The summed E-state index contributed by atoms with van der Waals surface area (Å²) >= 11 is 5.99. The number of rotatable bonds is 4. The molecular formula is C16H20ClN5O3. The molecule has 0 fully saturated rings. The molecule has 0 aliphatic rings. The van der Waals surface area contributed by atoms with Crippen LogP contribution in [-0.4, -0.2) is 37.2 Å². The van der Waals surface area contributed by atoms with Crippen LogP contribution in [0.4, 0.5) is 16.4 Å². The molecular weight excluding hydrogens is 346 g/mol. The molecule has 0 spiro atoms. The zero-order valence-electron chi connectivity index (χ0n) is 14.8. The number of Topliss-reactive ketones (excluding diaryl/α,β-unsaturated/α-hetero) is 1. The highest BCUT2D eigenvalue weighted by Crippen LogP contribution is 2.19. The maximum atomic E-state index is 12.1. The lowest BCUT2D eigenvalue weighted by molar-refractivity contribution is 0.0511. The fourth-order valence-electron chi connectivity index (χ4n) is 1.94. The van der Waals surface area contributed by atoms with Crippen LogP contribution in [0.25, 0.3) is 0 Å². The number of anilines is 2. The van der Waals surface area contributed by atoms with Crippen molar-refractivity contribution < 1.29 is 14.3 Å². The maximum Gasteiger partial charge on any atom is 0.435 e. The van der Waals surface area contributed by atoms with E-state index in [9.17, 15) is 9.59 Å². The Hall–Kier alpha value is -2.48. The number of aryl methyl sites for hydroxylation is 1. The number of nitrogens with one attached hydrogen (secondary N) is 1. The second-order valence-corrected chi connectivity index (χ2v) is 6.72. The van der Waals surface area contributed by atoms with Gasteiger partial charge < -0.3 is 10.1 Å². The van der Waals surface area contributed by atoms with Crippen LogP contribution in [0.3, 0.4) is 0 Å². The van der Waals surface area contributed by atoms with Crippen molar-refractivity contribution in [2.24, 2.45) is 0 Å². The van der Waals surface area contributed by atoms with Crippen molar-refractivity contribution in [2.75, 3.05) is 5.32 Å². The minimum Gasteiger partial charge on any atom is -0.442 e. The van der Waals surface area contributed by atoms with Crippen molar-refractivity contribution in [3.05, 3.63) is 28.8 Å². The molecule has 2 rings (SSSR count). The average molecular weight is 366 g/mol. The molecule has 9 heteroatoms. The Bertz CT molecular complexity index is 811. The minimum absolute atomic E-state index is 0.0140. The molecule has 2 heterocycles. The average Bonchev–Trinajstić information content (AvgIpc) is 2.85. The molecule has 0 aliphatic heterocycles. The third-order valence-corrected chi connectivity index (χ3v) is 3.29. The van der Waals surface area contributed by atoms with E-state index in [1.165, 1.54) is 6.20 Å². The molecule has 0 unspecified atom stereocenters. The summed E-state index contributed by atoms with van der Waals surface area (Å²) in [7, 11) is 0. The molecule has 0 saturated heterocycles. The van der Waals surface area contributed by atoms with E-state index in [1.54, 1.807) is 40.7 Å². The normalized spacial score (nSPS) is 11.3. The van der Waals surface area contributed by atoms with Crippen LogP contribution in [0.1, 0.15) is 50.3 Å². The van der Waals surface area contributed by atoms with E-state index in [0.717, 1.165) is 4.68 Å². The van der Waals surface area contributed by atoms with Crippen molar-refractivity contribution >= 4 is 35.1 Å². The van der Waals surface area contributed by atoms with Gasteiger partial charge in [-0.15, -0.1) is 5.10 Å². The fraction of sp³-hybridized carbons (Fsp3) is 0.438. The zero-order valence-corrected chi connectivity index (χ0v) is 15.5. The lowest BCUT2D eigenvalue weighted by Gasteiger charge is -2.19. The van der Waals surface area contributed by atoms with Gasteiger partial charge in [-0.05, 0) is 27.7 Å². The van der Waals surface area contributed by atoms with E-state index in [4.69, 9.17) is 16.3 Å². The molecule has 1 N–H and O–H groups in total. The van der Waals surface area contributed by atoms with Gasteiger partial charge in [0.05, 0.1) is 6.20 Å². The van der Waals surface area contributed by atoms with E-state index in [2.05, 4.69) is 20.4 Å². The number of ether oxygens (including phenoxy) is 1. The Morgan fingerprint density at radius 1 is 1.32 bits per heavy atom. The molecule has 8 nitrogen and oxygen atoms in total. The first-order valence-electron chi connectivity index (χ1n) is 7.73. The topological polar surface area (TPSA) is 99.0 Å². The molecule has 0 bridgehead atoms. The first-order valence-corrected chi connectivity index (χ1v) is 8.11. The quantitative estimate of drug-likeness (QED) is 0.823. The fourth-order valence-corrected chi connectivity index (χ4v) is 2.18. The highest BCUT2D eigenvalue weighted by atomic mass is 35.5. The van der Waals surface area contributed by atoms with Crippen molar-refractivity contribution in [1.82, 2.24) is 19.7 Å². The molecule has 0 aromatic carbocycles. The smallest absolute Gasteiger partial charge is 0.435 e. The first kappa shape index (κ1) is 18.9. The van der Waals surface area contributed by atoms with E-state index in [0.29, 0.717) is 23.8 Å². The molecule has 0 radical (unpaired) electrons. The third-order valence-electron chi connectivity index (χ3n) is 3.03. The number of halogens is 1. The minimum atomic E-state index is -0.621. The lowest BCUT2D eigenvalue weighted by Crippen LogP contribution is -2.28. The van der Waals surface area contributed by atoms with Gasteiger partial charge in [-0.1, -0.05) is 18.5 Å². The van der Waals surface area contributed by atoms with Crippen LogP contribution in [0.2, 0.25) is 5.15 Å². The molecule has 2 aromatic rings. The van der Waals surface area contributed by atoms with Gasteiger partial charge >= 0.3 is 6.09 Å². The number of nitrogens with zero attached hydrogens (tertiary/aromatic N) is 4. The van der Waals surface area contributed by atoms with Crippen molar-refractivity contribution in [1.29, 1.82) is 0 Å². The summed E-state index contributed by atoms with van der Waals surface area (Å²) in [6, 6.07) is 1.66. The molecule has 0 amide bonds. The van der Waals surface area contributed by atoms with Crippen LogP contribution in [0.15, 0.2) is 12.3 Å². The maximum absolute atomic E-state index is 12.1. The number of hydrogen-bond donors (Lipinski definition) is 1. The Labute approximate surface area is 150 Å². The summed E-state index contributed by atoms with van der Waals surface area (Å²) in [4.78, 5) is 31.9. The molecule has 0 atom stereocenters. The summed E-state index contributed by atoms with van der Waals surface area (Å²) in [6.45, 7) is 8.78. The monoisotopic (exact) mass is 365 g/mol. The second-order valence-electron chi connectivity index (χ2n) is 6.36. The van der Waals surface area contributed by atoms with Gasteiger partial charge in [-0.25, -0.2) is 14.8 Å². The highest BCUT2D eigenvalue weighted by Gasteiger charge is 2.21. The largest absolute Gasteiger partial charge is 0.442 e. The van der Waals surface area contributed by atoms with Crippen LogP contribution >= 0.6 is 11.6 Å². The van der Waals surface area contributed by atoms with Crippen LogP contribution in [-0.2, 0) is 4.74 Å². The Kier molecular flexibility index (Phi) is 5.42. The second kappa shape index (κ2) is 7.18. The number of carbonyl (C=O) groups is 2. The van der Waals surface area contributed by atoms with Gasteiger partial charge in [0.15, 0.2) is 22.6 Å². The van der Waals surface area contributed by atoms with E-state index in [-0.39, 0.29) is 16.6 Å². The molecule has 0 saturated carbocycles. The first-order chi connectivity index (χ1) is 11.6. The van der Waals surface area contributed by atoms with Crippen molar-refractivity contribution in [3.63, 3.8) is 0 Å². The molecule has 134 valence electrons. The summed E-state index contributed by atoms with van der Waals surface area (Å²) in [5.41, 5.74) is 0.0998. The zero-order chi connectivity index (χ0) is 18.8. The Morgan fingerprint density at radius 3 is 2.56 bits per heavy atom. The van der Waals surface area contributed by atoms with Crippen LogP contribution in [0, 0.1) is 6.92 Å². The lowest BCUT2D eigenvalue weighted by atomic mass is 10.2. The number of carbonyl (C=O) groups excluding carboxylic acids is 2. The number of hydrogen-bond acceptors (Lipinski definition) is 7. The van der Waals surface area contributed by atoms with Crippen molar-refractivity contribution in [2.45, 2.75) is 46.6 Å². The Morgan fingerprint density at radius 2 is 2.00 bits per heavy atom. The number of aromatic nitrogens is 4. The predicted octanol–water partition coefficient (Wildman–Crippen LogP) is 3.75. The van der Waals surface area contributed by atoms with Crippen LogP contribution < -0.4 is 5.32 Å². The summed E-state index contributed by atoms with van der Waals surface area (Å²) in [5, 5.41) is 7.06. The van der Waals surface area contributed by atoms with E-state index < -0.39 is 11.7 Å². The summed E-state index contributed by atoms with van der Waals surface area (Å²) < 4.78 is 6.44. The van der Waals surface area contributed by atoms with Gasteiger partial charge in [0.1, 0.15) is 11.3 Å². The molecule has 0 aliphatic carbocycles. The standard InChI is InChI=1S/C16H20ClN5O3/c1-6-10(23)13-14(17)20-12(8-18-13)19-11-7-9(2)22(21-11)15(24)25-16(3,4)5/h7-8H,6H2,1-5H3,(H,19,20,21). The summed E-state index contributed by atoms with van der Waals surface area (Å²) in [6.07, 6.45) is 1.10. The third kappa shape index (κ3) is 4.76. The number of ketones is 1. The van der Waals surface area contributed by atoms with E-state index >= 15 is 0 Å². The van der Waals surface area contributed by atoms with Crippen molar-refractivity contribution in [3.8, 4) is 0 Å². The summed E-state index contributed by atoms with van der Waals surface area (Å²) in [5.74, 6) is 0.504. The molecule has 25 heavy (non-hydrogen) atoms. The van der Waals surface area contributed by atoms with Gasteiger partial charge in [0.2, 0.25) is 0 Å². The van der Waals surface area contributed by atoms with Gasteiger partial charge in [-0.2, -0.15) is 4.68 Å². The van der Waals surface area contributed by atoms with E-state index in [1.807, 2.05) is 0 Å². The van der Waals surface area contributed by atoms with Gasteiger partial charge in [-0.3, -0.25) is 4.79 Å². The molecule has 2 aromatic heterocycles. The SMILES string of the molecule is CCC(=O)c1ncc(Nc2cc(C)n(C(=O)OC(C)(C)C)n2)nc1Cl. The van der Waals surface area contributed by atoms with Crippen LogP contribution in [0.5, 0.6) is 0 Å². The van der Waals surface area contributed by atoms with Gasteiger partial charge in [0, 0.05) is 18.2 Å². The predicted molar refractivity (Wildman–Crippen MR) is 93.5 cm³/mol. The van der Waals surface area contributed by atoms with Gasteiger partial charge in [0.25, 0.3) is 0 Å². The highest BCUT2D eigenvalue weighted by molar-refractivity contribution is 6.32. The Balaban J connectivity index is 2.19.